The number of esters is 1. The Morgan fingerprint density at radius 2 is 1.56 bits per heavy atom. The molecule has 1 aliphatic carbocycles. The SMILES string of the molecule is COC(=O)c1ccc2c(c1)C(=O)c1c(c(O)c3c(O)cccc3c1O)C2=O. The average Bonchev–Trinajstić information content (AvgIpc) is 2.67. The summed E-state index contributed by atoms with van der Waals surface area (Å²) < 4.78 is 4.62. The van der Waals surface area contributed by atoms with Crippen LogP contribution in [-0.2, 0) is 4.74 Å². The second-order valence-electron chi connectivity index (χ2n) is 6.06. The molecule has 27 heavy (non-hydrogen) atoms. The third-order valence-corrected chi connectivity index (χ3v) is 4.64. The molecule has 0 atom stereocenters. The smallest absolute Gasteiger partial charge is 0.337 e. The fourth-order valence-electron chi connectivity index (χ4n) is 3.37. The molecular weight excluding hydrogens is 352 g/mol. The maximum Gasteiger partial charge on any atom is 0.337 e. The van der Waals surface area contributed by atoms with E-state index in [9.17, 15) is 29.7 Å². The molecule has 4 rings (SSSR count). The number of hydrogen-bond donors (Lipinski definition) is 3. The summed E-state index contributed by atoms with van der Waals surface area (Å²) in [5.74, 6) is -3.55. The van der Waals surface area contributed by atoms with E-state index in [1.807, 2.05) is 0 Å². The Bertz CT molecular complexity index is 1190. The van der Waals surface area contributed by atoms with Crippen LogP contribution in [0.25, 0.3) is 10.8 Å². The van der Waals surface area contributed by atoms with Gasteiger partial charge in [0.15, 0.2) is 11.6 Å². The molecule has 3 aromatic rings. The Morgan fingerprint density at radius 3 is 2.26 bits per heavy atom. The molecule has 0 unspecified atom stereocenters. The van der Waals surface area contributed by atoms with Gasteiger partial charge in [-0.15, -0.1) is 0 Å². The van der Waals surface area contributed by atoms with E-state index in [2.05, 4.69) is 4.74 Å². The molecule has 0 saturated heterocycles. The number of methoxy groups -OCH3 is 1. The molecule has 7 nitrogen and oxygen atoms in total. The predicted octanol–water partition coefficient (Wildman–Crippen LogP) is 2.52. The summed E-state index contributed by atoms with van der Waals surface area (Å²) in [6.07, 6.45) is 0. The van der Waals surface area contributed by atoms with Gasteiger partial charge in [0.2, 0.25) is 0 Å². The van der Waals surface area contributed by atoms with E-state index in [0.29, 0.717) is 0 Å². The number of aromatic hydroxyl groups is 3. The van der Waals surface area contributed by atoms with Gasteiger partial charge < -0.3 is 20.1 Å². The zero-order valence-electron chi connectivity index (χ0n) is 13.9. The third kappa shape index (κ3) is 2.11. The second kappa shape index (κ2) is 5.57. The van der Waals surface area contributed by atoms with Gasteiger partial charge in [-0.05, 0) is 24.3 Å². The van der Waals surface area contributed by atoms with Crippen LogP contribution in [-0.4, -0.2) is 40.0 Å². The number of benzene rings is 3. The summed E-state index contributed by atoms with van der Waals surface area (Å²) >= 11 is 0. The van der Waals surface area contributed by atoms with Crippen molar-refractivity contribution < 1.29 is 34.4 Å². The van der Waals surface area contributed by atoms with Gasteiger partial charge in [0.05, 0.1) is 29.2 Å². The van der Waals surface area contributed by atoms with E-state index < -0.39 is 29.0 Å². The molecule has 0 aliphatic heterocycles. The van der Waals surface area contributed by atoms with Gasteiger partial charge in [0.1, 0.15) is 17.2 Å². The van der Waals surface area contributed by atoms with Crippen molar-refractivity contribution in [2.24, 2.45) is 0 Å². The molecule has 0 amide bonds. The zero-order chi connectivity index (χ0) is 19.5. The number of rotatable bonds is 1. The summed E-state index contributed by atoms with van der Waals surface area (Å²) in [7, 11) is 1.19. The number of ketones is 2. The Labute approximate surface area is 152 Å². The summed E-state index contributed by atoms with van der Waals surface area (Å²) in [6.45, 7) is 0. The van der Waals surface area contributed by atoms with Gasteiger partial charge in [-0.25, -0.2) is 4.79 Å². The maximum atomic E-state index is 13.0. The molecule has 0 bridgehead atoms. The summed E-state index contributed by atoms with van der Waals surface area (Å²) in [4.78, 5) is 37.6. The molecular formula is C20H12O7. The van der Waals surface area contributed by atoms with Crippen LogP contribution in [0.15, 0.2) is 36.4 Å². The number of hydrogen-bond acceptors (Lipinski definition) is 7. The first kappa shape index (κ1) is 16.6. The lowest BCUT2D eigenvalue weighted by atomic mass is 9.80. The fraction of sp³-hybridized carbons (Fsp3) is 0.0500. The van der Waals surface area contributed by atoms with E-state index in [0.717, 1.165) is 0 Å². The highest BCUT2D eigenvalue weighted by Crippen LogP contribution is 2.46. The quantitative estimate of drug-likeness (QED) is 0.350. The number of phenols is 3. The number of fused-ring (bicyclic) bond motifs is 3. The highest BCUT2D eigenvalue weighted by Gasteiger charge is 2.37. The van der Waals surface area contributed by atoms with Crippen LogP contribution >= 0.6 is 0 Å². The lowest BCUT2D eigenvalue weighted by Gasteiger charge is -2.21. The van der Waals surface area contributed by atoms with Crippen molar-refractivity contribution in [2.45, 2.75) is 0 Å². The van der Waals surface area contributed by atoms with Gasteiger partial charge in [0.25, 0.3) is 0 Å². The molecule has 0 fully saturated rings. The van der Waals surface area contributed by atoms with Gasteiger partial charge >= 0.3 is 5.97 Å². The lowest BCUT2D eigenvalue weighted by molar-refractivity contribution is 0.0600. The van der Waals surface area contributed by atoms with E-state index >= 15 is 0 Å². The van der Waals surface area contributed by atoms with Crippen LogP contribution in [0.4, 0.5) is 0 Å². The maximum absolute atomic E-state index is 13.0. The number of phenolic OH excluding ortho intramolecular Hbond substituents is 3. The Balaban J connectivity index is 2.07. The number of carbonyl (C=O) groups excluding carboxylic acids is 3. The molecule has 0 spiro atoms. The van der Waals surface area contributed by atoms with Crippen molar-refractivity contribution in [2.75, 3.05) is 7.11 Å². The van der Waals surface area contributed by atoms with E-state index in [-0.39, 0.29) is 44.3 Å². The minimum Gasteiger partial charge on any atom is -0.507 e. The van der Waals surface area contributed by atoms with Crippen LogP contribution in [0.5, 0.6) is 17.2 Å². The highest BCUT2D eigenvalue weighted by atomic mass is 16.5. The van der Waals surface area contributed by atoms with Crippen LogP contribution in [0.1, 0.15) is 42.2 Å². The van der Waals surface area contributed by atoms with E-state index in [1.54, 1.807) is 0 Å². The van der Waals surface area contributed by atoms with Crippen LogP contribution in [0.3, 0.4) is 0 Å². The summed E-state index contributed by atoms with van der Waals surface area (Å²) in [5.41, 5.74) is -0.785. The van der Waals surface area contributed by atoms with Crippen LogP contribution < -0.4 is 0 Å². The molecule has 0 radical (unpaired) electrons. The predicted molar refractivity (Wildman–Crippen MR) is 93.6 cm³/mol. The minimum atomic E-state index is -0.719. The highest BCUT2D eigenvalue weighted by molar-refractivity contribution is 6.33. The normalized spacial score (nSPS) is 12.6. The van der Waals surface area contributed by atoms with Gasteiger partial charge in [-0.2, -0.15) is 0 Å². The zero-order valence-corrected chi connectivity index (χ0v) is 13.9. The first-order valence-corrected chi connectivity index (χ1v) is 7.88. The molecule has 0 saturated carbocycles. The molecule has 0 aromatic heterocycles. The lowest BCUT2D eigenvalue weighted by Crippen LogP contribution is -2.22. The van der Waals surface area contributed by atoms with Crippen LogP contribution in [0.2, 0.25) is 0 Å². The van der Waals surface area contributed by atoms with Crippen molar-refractivity contribution >= 4 is 28.3 Å². The van der Waals surface area contributed by atoms with Gasteiger partial charge in [0, 0.05) is 16.5 Å². The third-order valence-electron chi connectivity index (χ3n) is 4.64. The van der Waals surface area contributed by atoms with E-state index in [4.69, 9.17) is 0 Å². The van der Waals surface area contributed by atoms with Crippen molar-refractivity contribution in [3.8, 4) is 17.2 Å². The summed E-state index contributed by atoms with van der Waals surface area (Å²) in [5, 5.41) is 31.1. The molecule has 1 aliphatic rings. The Hall–Kier alpha value is -3.87. The summed E-state index contributed by atoms with van der Waals surface area (Å²) in [6, 6.07) is 7.96. The molecule has 0 heterocycles. The van der Waals surface area contributed by atoms with Crippen molar-refractivity contribution in [3.05, 3.63) is 64.2 Å². The number of ether oxygens (including phenoxy) is 1. The molecule has 134 valence electrons. The van der Waals surface area contributed by atoms with Crippen molar-refractivity contribution in [1.29, 1.82) is 0 Å². The monoisotopic (exact) mass is 364 g/mol. The topological polar surface area (TPSA) is 121 Å². The Kier molecular flexibility index (Phi) is 3.42. The minimum absolute atomic E-state index is 0.0235. The van der Waals surface area contributed by atoms with Crippen LogP contribution in [0, 0.1) is 0 Å². The molecule has 3 N–H and O–H groups in total. The molecule has 3 aromatic carbocycles. The Morgan fingerprint density at radius 1 is 0.889 bits per heavy atom. The first-order chi connectivity index (χ1) is 12.9. The van der Waals surface area contributed by atoms with Gasteiger partial charge in [-0.1, -0.05) is 12.1 Å². The van der Waals surface area contributed by atoms with E-state index in [1.165, 1.54) is 43.5 Å². The van der Waals surface area contributed by atoms with Gasteiger partial charge in [-0.3, -0.25) is 9.59 Å². The van der Waals surface area contributed by atoms with Crippen molar-refractivity contribution in [3.63, 3.8) is 0 Å². The number of carbonyl (C=O) groups is 3. The first-order valence-electron chi connectivity index (χ1n) is 7.88. The largest absolute Gasteiger partial charge is 0.507 e. The standard InChI is InChI=1S/C20H12O7/c1-27-20(26)8-5-6-9-11(7-8)18(24)14-15(16(9)22)19(25)13-10(17(14)23)3-2-4-12(13)21/h2-7,21,23,25H,1H3. The fourth-order valence-corrected chi connectivity index (χ4v) is 3.37. The van der Waals surface area contributed by atoms with Crippen molar-refractivity contribution in [1.82, 2.24) is 0 Å². The molecule has 7 heteroatoms. The second-order valence-corrected chi connectivity index (χ2v) is 6.06. The average molecular weight is 364 g/mol.